The third-order valence-corrected chi connectivity index (χ3v) is 2.11. The molecule has 0 unspecified atom stereocenters. The Balaban J connectivity index is 3.28. The van der Waals surface area contributed by atoms with E-state index in [4.69, 9.17) is 5.11 Å². The lowest BCUT2D eigenvalue weighted by atomic mass is 10.1. The Morgan fingerprint density at radius 2 is 2.07 bits per heavy atom. The van der Waals surface area contributed by atoms with E-state index in [1.807, 2.05) is 0 Å². The highest BCUT2D eigenvalue weighted by molar-refractivity contribution is 5.71. The topological polar surface area (TPSA) is 72.2 Å². The summed E-state index contributed by atoms with van der Waals surface area (Å²) in [5.41, 5.74) is 0.239. The number of carbonyl (C=O) groups is 1. The summed E-state index contributed by atoms with van der Waals surface area (Å²) in [6.45, 7) is 5.21. The molecule has 0 aliphatic heterocycles. The first-order chi connectivity index (χ1) is 6.93. The van der Waals surface area contributed by atoms with Crippen molar-refractivity contribution in [2.75, 3.05) is 0 Å². The van der Waals surface area contributed by atoms with E-state index in [-0.39, 0.29) is 11.5 Å². The van der Waals surface area contributed by atoms with E-state index in [1.54, 1.807) is 26.8 Å². The minimum Gasteiger partial charge on any atom is -0.480 e. The number of carboxylic acids is 1. The Labute approximate surface area is 87.4 Å². The molecular weight excluding hydrogens is 196 g/mol. The molecule has 0 aliphatic rings. The van der Waals surface area contributed by atoms with Crippen LogP contribution in [0.3, 0.4) is 0 Å². The fourth-order valence-corrected chi connectivity index (χ4v) is 1.39. The molecule has 0 spiro atoms. The van der Waals surface area contributed by atoms with Crippen LogP contribution in [0, 0.1) is 12.8 Å². The lowest BCUT2D eigenvalue weighted by Crippen LogP contribution is -2.34. The first-order valence-electron chi connectivity index (χ1n) is 4.72. The van der Waals surface area contributed by atoms with Gasteiger partial charge in [0.15, 0.2) is 6.04 Å². The maximum absolute atomic E-state index is 11.5. The SMILES string of the molecule is Cc1ccc(=O)n([C@H](C(=O)O)C(C)C)n1. The molecule has 5 nitrogen and oxygen atoms in total. The van der Waals surface area contributed by atoms with Gasteiger partial charge in [-0.05, 0) is 18.9 Å². The molecule has 1 rings (SSSR count). The van der Waals surface area contributed by atoms with E-state index in [2.05, 4.69) is 5.10 Å². The highest BCUT2D eigenvalue weighted by Gasteiger charge is 2.25. The lowest BCUT2D eigenvalue weighted by Gasteiger charge is -2.17. The summed E-state index contributed by atoms with van der Waals surface area (Å²) in [5.74, 6) is -1.22. The fourth-order valence-electron chi connectivity index (χ4n) is 1.39. The fraction of sp³-hybridized carbons (Fsp3) is 0.500. The zero-order valence-electron chi connectivity index (χ0n) is 8.97. The molecule has 0 aliphatic carbocycles. The van der Waals surface area contributed by atoms with Gasteiger partial charge in [-0.3, -0.25) is 4.79 Å². The maximum atomic E-state index is 11.5. The number of aliphatic carboxylic acids is 1. The summed E-state index contributed by atoms with van der Waals surface area (Å²) in [7, 11) is 0. The van der Waals surface area contributed by atoms with Crippen LogP contribution in [0.2, 0.25) is 0 Å². The van der Waals surface area contributed by atoms with E-state index in [0.717, 1.165) is 4.68 Å². The van der Waals surface area contributed by atoms with Gasteiger partial charge in [0, 0.05) is 6.07 Å². The van der Waals surface area contributed by atoms with Crippen molar-refractivity contribution in [1.29, 1.82) is 0 Å². The molecule has 0 bridgehead atoms. The van der Waals surface area contributed by atoms with Crippen LogP contribution in [-0.4, -0.2) is 20.9 Å². The average molecular weight is 210 g/mol. The van der Waals surface area contributed by atoms with Crippen LogP contribution in [0.5, 0.6) is 0 Å². The number of nitrogens with zero attached hydrogens (tertiary/aromatic N) is 2. The van der Waals surface area contributed by atoms with E-state index in [1.165, 1.54) is 6.07 Å². The molecule has 1 aromatic rings. The van der Waals surface area contributed by atoms with Gasteiger partial charge in [0.2, 0.25) is 0 Å². The minimum atomic E-state index is -1.04. The second kappa shape index (κ2) is 4.25. The Bertz CT molecular complexity index is 423. The van der Waals surface area contributed by atoms with E-state index in [9.17, 15) is 9.59 Å². The summed E-state index contributed by atoms with van der Waals surface area (Å²) in [4.78, 5) is 22.5. The number of hydrogen-bond donors (Lipinski definition) is 1. The molecule has 0 amide bonds. The van der Waals surface area contributed by atoms with E-state index < -0.39 is 12.0 Å². The summed E-state index contributed by atoms with van der Waals surface area (Å²) >= 11 is 0. The maximum Gasteiger partial charge on any atom is 0.328 e. The van der Waals surface area contributed by atoms with Gasteiger partial charge >= 0.3 is 5.97 Å². The number of rotatable bonds is 3. The smallest absolute Gasteiger partial charge is 0.328 e. The average Bonchev–Trinajstić information content (AvgIpc) is 2.10. The molecule has 5 heteroatoms. The van der Waals surface area contributed by atoms with Crippen molar-refractivity contribution in [2.45, 2.75) is 26.8 Å². The van der Waals surface area contributed by atoms with Gasteiger partial charge in [-0.15, -0.1) is 0 Å². The van der Waals surface area contributed by atoms with E-state index >= 15 is 0 Å². The number of hydrogen-bond acceptors (Lipinski definition) is 3. The summed E-state index contributed by atoms with van der Waals surface area (Å²) in [6.07, 6.45) is 0. The zero-order valence-corrected chi connectivity index (χ0v) is 8.97. The van der Waals surface area contributed by atoms with Gasteiger partial charge in [-0.25, -0.2) is 9.48 Å². The Morgan fingerprint density at radius 3 is 2.53 bits per heavy atom. The Morgan fingerprint density at radius 1 is 1.47 bits per heavy atom. The summed E-state index contributed by atoms with van der Waals surface area (Å²) in [6, 6.07) is 2.00. The molecule has 0 fully saturated rings. The van der Waals surface area contributed by atoms with Crippen LogP contribution < -0.4 is 5.56 Å². The van der Waals surface area contributed by atoms with Crippen LogP contribution >= 0.6 is 0 Å². The van der Waals surface area contributed by atoms with Crippen molar-refractivity contribution in [3.8, 4) is 0 Å². The molecule has 0 saturated heterocycles. The molecule has 1 atom stereocenters. The second-order valence-corrected chi connectivity index (χ2v) is 3.78. The van der Waals surface area contributed by atoms with Gasteiger partial charge in [0.05, 0.1) is 5.69 Å². The van der Waals surface area contributed by atoms with Crippen LogP contribution in [0.4, 0.5) is 0 Å². The number of aryl methyl sites for hydroxylation is 1. The normalized spacial score (nSPS) is 12.8. The largest absolute Gasteiger partial charge is 0.480 e. The van der Waals surface area contributed by atoms with Crippen LogP contribution in [0.1, 0.15) is 25.6 Å². The predicted molar refractivity (Wildman–Crippen MR) is 54.7 cm³/mol. The number of carboxylic acid groups (broad SMARTS) is 1. The second-order valence-electron chi connectivity index (χ2n) is 3.78. The highest BCUT2D eigenvalue weighted by atomic mass is 16.4. The summed E-state index contributed by atoms with van der Waals surface area (Å²) in [5, 5.41) is 13.0. The van der Waals surface area contributed by atoms with E-state index in [0.29, 0.717) is 5.69 Å². The third kappa shape index (κ3) is 2.43. The number of aromatic nitrogens is 2. The minimum absolute atomic E-state index is 0.186. The standard InChI is InChI=1S/C10H14N2O3/c1-6(2)9(10(14)15)12-8(13)5-4-7(3)11-12/h4-6,9H,1-3H3,(H,14,15)/t9-/m0/s1. The van der Waals surface area contributed by atoms with Gasteiger partial charge in [0.25, 0.3) is 5.56 Å². The zero-order chi connectivity index (χ0) is 11.6. The van der Waals surface area contributed by atoms with Crippen LogP contribution in [-0.2, 0) is 4.79 Å². The monoisotopic (exact) mass is 210 g/mol. The molecule has 82 valence electrons. The van der Waals surface area contributed by atoms with Gasteiger partial charge in [-0.1, -0.05) is 13.8 Å². The molecule has 0 aromatic carbocycles. The quantitative estimate of drug-likeness (QED) is 0.802. The first kappa shape index (κ1) is 11.4. The van der Waals surface area contributed by atoms with Gasteiger partial charge in [0.1, 0.15) is 0 Å². The van der Waals surface area contributed by atoms with Crippen LogP contribution in [0.25, 0.3) is 0 Å². The molecule has 0 saturated carbocycles. The predicted octanol–water partition coefficient (Wildman–Crippen LogP) is 0.833. The highest BCUT2D eigenvalue weighted by Crippen LogP contribution is 2.14. The molecule has 15 heavy (non-hydrogen) atoms. The molecule has 1 N–H and O–H groups in total. The third-order valence-electron chi connectivity index (χ3n) is 2.11. The molecule has 1 heterocycles. The van der Waals surface area contributed by atoms with Crippen molar-refractivity contribution in [3.63, 3.8) is 0 Å². The molecular formula is C10H14N2O3. The Kier molecular flexibility index (Phi) is 3.24. The van der Waals surface area contributed by atoms with Crippen molar-refractivity contribution < 1.29 is 9.90 Å². The van der Waals surface area contributed by atoms with Crippen molar-refractivity contribution in [2.24, 2.45) is 5.92 Å². The van der Waals surface area contributed by atoms with Gasteiger partial charge < -0.3 is 5.11 Å². The summed E-state index contributed by atoms with van der Waals surface area (Å²) < 4.78 is 1.03. The Hall–Kier alpha value is -1.65. The van der Waals surface area contributed by atoms with Crippen LogP contribution in [0.15, 0.2) is 16.9 Å². The lowest BCUT2D eigenvalue weighted by molar-refractivity contribution is -0.142. The van der Waals surface area contributed by atoms with Crippen molar-refractivity contribution in [3.05, 3.63) is 28.2 Å². The van der Waals surface area contributed by atoms with Gasteiger partial charge in [-0.2, -0.15) is 5.10 Å². The van der Waals surface area contributed by atoms with Crippen molar-refractivity contribution >= 4 is 5.97 Å². The molecule has 1 aromatic heterocycles. The molecule has 0 radical (unpaired) electrons. The first-order valence-corrected chi connectivity index (χ1v) is 4.72. The van der Waals surface area contributed by atoms with Crippen molar-refractivity contribution in [1.82, 2.24) is 9.78 Å².